The summed E-state index contributed by atoms with van der Waals surface area (Å²) in [5, 5.41) is 51.5. The molecule has 126 heavy (non-hydrogen) atoms. The molecule has 0 atom stereocenters. The van der Waals surface area contributed by atoms with E-state index in [1.807, 2.05) is 73.8 Å². The lowest BCUT2D eigenvalue weighted by Gasteiger charge is -2.14. The lowest BCUT2D eigenvalue weighted by atomic mass is 10.2. The average molecular weight is 1920 g/mol. The highest BCUT2D eigenvalue weighted by atomic mass is 35.5. The number of carbonyl (C=O) groups excluding carboxylic acids is 2. The topological polar surface area (TPSA) is 462 Å². The first-order chi connectivity index (χ1) is 60.0. The van der Waals surface area contributed by atoms with Gasteiger partial charge in [0.15, 0.2) is 28.7 Å². The fourth-order valence-electron chi connectivity index (χ4n) is 10.8. The van der Waals surface area contributed by atoms with Gasteiger partial charge in [-0.1, -0.05) is 116 Å². The van der Waals surface area contributed by atoms with Crippen LogP contribution in [0.3, 0.4) is 0 Å². The summed E-state index contributed by atoms with van der Waals surface area (Å²) in [5.74, 6) is 0.800. The molecule has 0 saturated heterocycles. The largest absolute Gasteiger partial charge is 0.450 e. The van der Waals surface area contributed by atoms with Crippen molar-refractivity contribution in [2.24, 2.45) is 5.10 Å². The van der Waals surface area contributed by atoms with E-state index in [1.165, 1.54) is 116 Å². The Labute approximate surface area is 762 Å². The van der Waals surface area contributed by atoms with Crippen LogP contribution < -0.4 is 79.2 Å². The molecular formula is C80H67Cl10N21O15. The molecule has 8 heterocycles. The van der Waals surface area contributed by atoms with Crippen LogP contribution in [0, 0.1) is 50.4 Å². The van der Waals surface area contributed by atoms with E-state index >= 15 is 0 Å². The van der Waals surface area contributed by atoms with Gasteiger partial charge in [-0.05, 0) is 147 Å². The number of rotatable bonds is 21. The number of aryl methyl sites for hydroxylation is 8. The molecule has 0 spiro atoms. The number of hydrogen-bond acceptors (Lipinski definition) is 26. The highest BCUT2D eigenvalue weighted by Gasteiger charge is 2.22. The van der Waals surface area contributed by atoms with Crippen LogP contribution in [-0.4, -0.2) is 97.5 Å². The Hall–Kier alpha value is -13.2. The third kappa shape index (κ3) is 25.1. The van der Waals surface area contributed by atoms with Gasteiger partial charge in [-0.3, -0.25) is 49.3 Å². The molecule has 13 aromatic rings. The summed E-state index contributed by atoms with van der Waals surface area (Å²) in [5.41, 5.74) is 10.6. The maximum atomic E-state index is 12.0. The first-order valence-electron chi connectivity index (χ1n) is 36.6. The predicted molar refractivity (Wildman–Crippen MR) is 477 cm³/mol. The number of anilines is 2. The smallest absolute Gasteiger partial charge is 0.414 e. The molecular weight excluding hydrogens is 1850 g/mol. The van der Waals surface area contributed by atoms with Gasteiger partial charge in [0.1, 0.15) is 12.1 Å². The zero-order valence-electron chi connectivity index (χ0n) is 67.0. The number of H-pyrrole nitrogens is 2. The van der Waals surface area contributed by atoms with E-state index < -0.39 is 34.7 Å². The number of nitrogens with two attached hydrogens (primary N) is 1. The number of amides is 2. The second-order valence-corrected chi connectivity index (χ2v) is 29.3. The van der Waals surface area contributed by atoms with Crippen molar-refractivity contribution < 1.29 is 38.0 Å². The van der Waals surface area contributed by atoms with E-state index in [1.54, 1.807) is 64.1 Å². The number of hydrazone groups is 1. The van der Waals surface area contributed by atoms with Gasteiger partial charge in [-0.25, -0.2) is 33.4 Å². The van der Waals surface area contributed by atoms with Crippen molar-refractivity contribution in [3.63, 3.8) is 0 Å². The number of nitriles is 2. The fourth-order valence-corrected chi connectivity index (χ4v) is 13.6. The lowest BCUT2D eigenvalue weighted by molar-refractivity contribution is -0.114. The van der Waals surface area contributed by atoms with Gasteiger partial charge in [0.05, 0.1) is 68.2 Å². The highest BCUT2D eigenvalue weighted by molar-refractivity contribution is 6.47. The summed E-state index contributed by atoms with van der Waals surface area (Å²) < 4.78 is 42.3. The summed E-state index contributed by atoms with van der Waals surface area (Å²) in [6.45, 7) is 18.4. The van der Waals surface area contributed by atoms with E-state index in [2.05, 4.69) is 55.5 Å². The number of carbonyl (C=O) groups is 2. The monoisotopic (exact) mass is 1910 g/mol. The van der Waals surface area contributed by atoms with Gasteiger partial charge in [-0.2, -0.15) is 20.3 Å². The van der Waals surface area contributed by atoms with Crippen molar-refractivity contribution in [3.05, 3.63) is 297 Å². The number of alkyl carbamates (subject to hydrolysis) is 1. The van der Waals surface area contributed by atoms with Crippen LogP contribution in [0.2, 0.25) is 50.2 Å². The number of nitrogens with zero attached hydrogens (tertiary/aromatic N) is 16. The van der Waals surface area contributed by atoms with E-state index in [9.17, 15) is 43.2 Å². The highest BCUT2D eigenvalue weighted by Crippen LogP contribution is 2.43. The molecule has 0 aliphatic heterocycles. The van der Waals surface area contributed by atoms with Gasteiger partial charge in [0.2, 0.25) is 40.8 Å². The summed E-state index contributed by atoms with van der Waals surface area (Å²) in [7, 11) is 0. The second-order valence-electron chi connectivity index (χ2n) is 25.3. The van der Waals surface area contributed by atoms with E-state index in [0.717, 1.165) is 38.8 Å². The first kappa shape index (κ1) is 96.6. The van der Waals surface area contributed by atoms with Crippen molar-refractivity contribution in [3.8, 4) is 87.3 Å². The van der Waals surface area contributed by atoms with E-state index in [4.69, 9.17) is 156 Å². The summed E-state index contributed by atoms with van der Waals surface area (Å²) >= 11 is 62.3. The second kappa shape index (κ2) is 44.4. The van der Waals surface area contributed by atoms with Crippen LogP contribution in [0.15, 0.2) is 184 Å². The first-order valence-corrected chi connectivity index (χ1v) is 40.4. The quantitative estimate of drug-likeness (QED) is 0.0253. The zero-order valence-corrected chi connectivity index (χ0v) is 74.6. The van der Waals surface area contributed by atoms with Crippen molar-refractivity contribution in [2.75, 3.05) is 17.8 Å². The van der Waals surface area contributed by atoms with Crippen molar-refractivity contribution in [1.82, 2.24) is 78.5 Å². The van der Waals surface area contributed by atoms with Gasteiger partial charge in [-0.15, -0.1) is 30.6 Å². The molecule has 6 N–H and O–H groups in total. The van der Waals surface area contributed by atoms with Crippen LogP contribution in [0.1, 0.15) is 63.1 Å². The molecule has 36 nitrogen and oxygen atoms in total. The zero-order chi connectivity index (χ0) is 92.1. The van der Waals surface area contributed by atoms with Gasteiger partial charge >= 0.3 is 11.8 Å². The minimum Gasteiger partial charge on any atom is -0.450 e. The number of ether oxygens (including phenoxy) is 6. The molecule has 0 unspecified atom stereocenters. The Bertz CT molecular complexity index is 6700. The van der Waals surface area contributed by atoms with Crippen LogP contribution in [0.25, 0.3) is 17.1 Å². The molecule has 0 bridgehead atoms. The SMILES string of the molecule is CCOC(=O)NC(=O)C(C#N)=NNc1cc(Cl)c(Oc2ccc(=O)n(CC)n2)c(Cl)c1.CCn1nc(Oc2c(Cl)cc(-n3c(C)ccc3C)cc2Cl)ccc1=O.CCn1nc(Oc2c(Cl)cc(-n3nc(C#N)c(=O)[nH]c3=O)cc2Cl)ccc1=O.CCn1nc(Oc2c(Cl)cc(N)cc2Cl)ccc1=O.Cc1ccc(C)n1-c1cc(Cl)c(Oc2ccc(=O)[nH]n2)c(Cl)c1. The number of aromatic nitrogens is 15. The molecule has 2 amide bonds. The van der Waals surface area contributed by atoms with Crippen LogP contribution in [0.4, 0.5) is 16.2 Å². The Morgan fingerprint density at radius 1 is 0.444 bits per heavy atom. The van der Waals surface area contributed by atoms with Crippen LogP contribution in [-0.2, 0) is 35.7 Å². The number of imide groups is 1. The minimum absolute atomic E-state index is 0.0111. The van der Waals surface area contributed by atoms with Crippen molar-refractivity contribution in [1.29, 1.82) is 10.5 Å². The number of nitrogen functional groups attached to an aromatic ring is 1. The van der Waals surface area contributed by atoms with Crippen molar-refractivity contribution in [2.45, 2.75) is 88.5 Å². The van der Waals surface area contributed by atoms with Gasteiger partial charge in [0, 0.05) is 127 Å². The molecule has 8 aromatic heterocycles. The number of hydrogen-bond donors (Lipinski definition) is 5. The molecule has 46 heteroatoms. The molecule has 13 rings (SSSR count). The minimum atomic E-state index is -1.05. The normalized spacial score (nSPS) is 10.7. The van der Waals surface area contributed by atoms with E-state index in [0.29, 0.717) is 63.5 Å². The fraction of sp³-hybridized carbons (Fsp3) is 0.175. The Kier molecular flexibility index (Phi) is 34.0. The van der Waals surface area contributed by atoms with Gasteiger partial charge < -0.3 is 43.3 Å². The standard InChI is InChI=1S/C18H16Cl2N6O5.C18H17Cl2N3O2.C16H10Cl2N6O4.C16H13Cl2N3O2.C12H11Cl2N3O2/c1-3-26-15(27)6-5-14(25-26)31-16-11(19)7-10(8-12(16)20)23-24-13(9-21)17(28)22-18(29)30-4-2;1-4-22-17(24)8-7-16(21-22)25-18-14(19)9-13(10-15(18)20)23-11(2)5-6-12(23)3;1-2-23-13(25)4-3-12(22-23)28-14-9(17)5-8(6-10(14)18)24-16(27)20-15(26)11(7-19)21-24;1-9-3-4-10(2)21(9)11-7-12(17)16(13(18)8-11)23-15-6-5-14(22)19-20-15;1-2-17-11(18)4-3-10(16-17)19-12-8(13)5-7(15)6-9(12)14/h5-8,23H,3-4H2,1-2H3,(H,22,28,29);5-10H,4H2,1-3H3;3-6H,2H2,1H3,(H,20,26,27);3-8H,1-2H3,(H,19,22);3-6H,2,15H2,1H3. The molecule has 5 aromatic carbocycles. The number of nitrogens with one attached hydrogen (secondary N) is 4. The maximum absolute atomic E-state index is 12.0. The number of benzene rings is 5. The number of halogens is 10. The van der Waals surface area contributed by atoms with Crippen molar-refractivity contribution >= 4 is 145 Å². The molecule has 0 aliphatic rings. The Morgan fingerprint density at radius 3 is 1.09 bits per heavy atom. The summed E-state index contributed by atoms with van der Waals surface area (Å²) in [4.78, 5) is 106. The molecule has 0 aliphatic carbocycles. The molecule has 652 valence electrons. The van der Waals surface area contributed by atoms with Crippen LogP contribution >= 0.6 is 116 Å². The third-order valence-electron chi connectivity index (χ3n) is 16.6. The van der Waals surface area contributed by atoms with Gasteiger partial charge in [0.25, 0.3) is 39.3 Å². The summed E-state index contributed by atoms with van der Waals surface area (Å²) in [6, 6.07) is 40.6. The molecule has 0 radical (unpaired) electrons. The Morgan fingerprint density at radius 2 is 0.770 bits per heavy atom. The molecule has 0 fully saturated rings. The third-order valence-corrected chi connectivity index (χ3v) is 19.4. The Balaban J connectivity index is 0.000000180. The molecule has 0 saturated carbocycles. The van der Waals surface area contributed by atoms with E-state index in [-0.39, 0.29) is 123 Å². The average Bonchev–Trinajstić information content (AvgIpc) is 1.60. The predicted octanol–water partition coefficient (Wildman–Crippen LogP) is 16.4. The lowest BCUT2D eigenvalue weighted by Crippen LogP contribution is -2.36. The summed E-state index contributed by atoms with van der Waals surface area (Å²) in [6.07, 6.45) is -1.01. The number of aromatic amines is 2. The maximum Gasteiger partial charge on any atom is 0.414 e. The van der Waals surface area contributed by atoms with Crippen LogP contribution in [0.5, 0.6) is 58.1 Å².